The summed E-state index contributed by atoms with van der Waals surface area (Å²) in [6, 6.07) is 0. The number of hydrogen-bond acceptors (Lipinski definition) is 2. The van der Waals surface area contributed by atoms with Gasteiger partial charge < -0.3 is 15.1 Å². The Morgan fingerprint density at radius 1 is 1.29 bits per heavy atom. The maximum Gasteiger partial charge on any atom is 0.406 e. The predicted octanol–water partition coefficient (Wildman–Crippen LogP) is 2.71. The van der Waals surface area contributed by atoms with Crippen LogP contribution in [0, 0.1) is 5.41 Å². The smallest absolute Gasteiger partial charge is 0.356 e. The number of amides is 1. The van der Waals surface area contributed by atoms with E-state index in [0.717, 1.165) is 13.6 Å². The van der Waals surface area contributed by atoms with Gasteiger partial charge in [0, 0.05) is 31.1 Å². The van der Waals surface area contributed by atoms with E-state index in [9.17, 15) is 18.0 Å². The predicted molar refractivity (Wildman–Crippen MR) is 99.7 cm³/mol. The van der Waals surface area contributed by atoms with E-state index in [1.54, 1.807) is 0 Å². The normalized spacial score (nSPS) is 19.2. The van der Waals surface area contributed by atoms with E-state index in [1.807, 2.05) is 11.8 Å². The van der Waals surface area contributed by atoms with E-state index in [0.29, 0.717) is 17.4 Å². The number of nitrogens with one attached hydrogen (secondary N) is 1. The van der Waals surface area contributed by atoms with Gasteiger partial charge in [-0.1, -0.05) is 13.8 Å². The Kier molecular flexibility index (Phi) is 7.84. The van der Waals surface area contributed by atoms with Crippen molar-refractivity contribution < 1.29 is 18.0 Å². The topological polar surface area (TPSA) is 47.9 Å². The molecule has 1 aliphatic heterocycles. The summed E-state index contributed by atoms with van der Waals surface area (Å²) >= 11 is 0. The molecular weight excluding hydrogens is 436 g/mol. The number of likely N-dealkylation sites (tertiary alicyclic amines) is 1. The number of hydrogen-bond donors (Lipinski definition) is 1. The van der Waals surface area contributed by atoms with Crippen LogP contribution >= 0.6 is 24.0 Å². The van der Waals surface area contributed by atoms with E-state index in [1.165, 1.54) is 0 Å². The van der Waals surface area contributed by atoms with E-state index in [-0.39, 0.29) is 41.5 Å². The van der Waals surface area contributed by atoms with Crippen LogP contribution in [0.3, 0.4) is 0 Å². The van der Waals surface area contributed by atoms with E-state index < -0.39 is 18.6 Å². The van der Waals surface area contributed by atoms with Crippen molar-refractivity contribution in [3.8, 4) is 0 Å². The standard InChI is InChI=1S/C15H27F3N4O.HI/c1-7-19-12(22-9-13(2,3)14(22,4)5)20-8-11(23)21(6)10-15(16,17)18;/h7-10H2,1-6H3,(H,19,20);1H. The number of carbonyl (C=O) groups is 1. The highest BCUT2D eigenvalue weighted by molar-refractivity contribution is 14.0. The Bertz CT molecular complexity index is 478. The van der Waals surface area contributed by atoms with Gasteiger partial charge in [-0.3, -0.25) is 4.79 Å². The zero-order valence-electron chi connectivity index (χ0n) is 15.1. The average molecular weight is 464 g/mol. The molecule has 0 aromatic carbocycles. The van der Waals surface area contributed by atoms with Gasteiger partial charge in [0.05, 0.1) is 0 Å². The summed E-state index contributed by atoms with van der Waals surface area (Å²) in [7, 11) is 1.13. The second-order valence-corrected chi connectivity index (χ2v) is 7.06. The lowest BCUT2D eigenvalue weighted by Crippen LogP contribution is -2.72. The van der Waals surface area contributed by atoms with Crippen molar-refractivity contribution in [2.75, 3.05) is 33.2 Å². The lowest BCUT2D eigenvalue weighted by molar-refractivity contribution is -0.157. The molecule has 5 nitrogen and oxygen atoms in total. The maximum atomic E-state index is 12.3. The third kappa shape index (κ3) is 5.38. The Balaban J connectivity index is 0.00000529. The van der Waals surface area contributed by atoms with Crippen LogP contribution in [0.5, 0.6) is 0 Å². The van der Waals surface area contributed by atoms with Gasteiger partial charge >= 0.3 is 6.18 Å². The lowest BCUT2D eigenvalue weighted by Gasteiger charge is -2.62. The van der Waals surface area contributed by atoms with Gasteiger partial charge in [0.25, 0.3) is 0 Å². The molecule has 142 valence electrons. The number of likely N-dealkylation sites (N-methyl/N-ethyl adjacent to an activating group) is 1. The highest BCUT2D eigenvalue weighted by atomic mass is 127. The number of halogens is 4. The first-order chi connectivity index (χ1) is 10.3. The Labute approximate surface area is 159 Å². The summed E-state index contributed by atoms with van der Waals surface area (Å²) in [6.07, 6.45) is -4.40. The largest absolute Gasteiger partial charge is 0.406 e. The Hall–Kier alpha value is -0.740. The molecule has 0 spiro atoms. The second-order valence-electron chi connectivity index (χ2n) is 7.06. The fraction of sp³-hybridized carbons (Fsp3) is 0.867. The van der Waals surface area contributed by atoms with Crippen LogP contribution in [0.15, 0.2) is 4.99 Å². The lowest BCUT2D eigenvalue weighted by atomic mass is 9.65. The van der Waals surface area contributed by atoms with Gasteiger partial charge in [-0.05, 0) is 20.8 Å². The molecule has 0 saturated carbocycles. The van der Waals surface area contributed by atoms with Gasteiger partial charge in [0.2, 0.25) is 5.91 Å². The second kappa shape index (κ2) is 8.09. The van der Waals surface area contributed by atoms with Crippen molar-refractivity contribution in [1.29, 1.82) is 0 Å². The van der Waals surface area contributed by atoms with Crippen molar-refractivity contribution in [2.45, 2.75) is 46.3 Å². The molecular formula is C15H28F3IN4O. The third-order valence-electron chi connectivity index (χ3n) is 4.68. The fourth-order valence-corrected chi connectivity index (χ4v) is 2.42. The van der Waals surface area contributed by atoms with Crippen LogP contribution in [0.4, 0.5) is 13.2 Å². The van der Waals surface area contributed by atoms with Crippen LogP contribution in [-0.4, -0.2) is 66.6 Å². The van der Waals surface area contributed by atoms with Crippen molar-refractivity contribution in [2.24, 2.45) is 10.4 Å². The molecule has 0 aromatic heterocycles. The third-order valence-corrected chi connectivity index (χ3v) is 4.68. The number of aliphatic imine (C=N–C) groups is 1. The minimum Gasteiger partial charge on any atom is -0.356 e. The zero-order valence-corrected chi connectivity index (χ0v) is 17.5. The number of alkyl halides is 3. The molecule has 1 heterocycles. The quantitative estimate of drug-likeness (QED) is 0.396. The van der Waals surface area contributed by atoms with Crippen molar-refractivity contribution in [3.05, 3.63) is 0 Å². The first-order valence-corrected chi connectivity index (χ1v) is 7.68. The van der Waals surface area contributed by atoms with Gasteiger partial charge in [-0.2, -0.15) is 13.2 Å². The van der Waals surface area contributed by atoms with E-state index >= 15 is 0 Å². The van der Waals surface area contributed by atoms with Crippen molar-refractivity contribution >= 4 is 35.8 Å². The summed E-state index contributed by atoms with van der Waals surface area (Å²) in [5.41, 5.74) is -0.0464. The summed E-state index contributed by atoms with van der Waals surface area (Å²) in [5, 5.41) is 3.10. The number of guanidine groups is 1. The molecule has 1 amide bonds. The summed E-state index contributed by atoms with van der Waals surface area (Å²) in [4.78, 5) is 18.7. The van der Waals surface area contributed by atoms with Crippen molar-refractivity contribution in [1.82, 2.24) is 15.1 Å². The van der Waals surface area contributed by atoms with Gasteiger partial charge in [0.15, 0.2) is 5.96 Å². The highest BCUT2D eigenvalue weighted by Crippen LogP contribution is 2.46. The molecule has 1 aliphatic rings. The van der Waals surface area contributed by atoms with Gasteiger partial charge in [0.1, 0.15) is 13.1 Å². The van der Waals surface area contributed by atoms with Crippen LogP contribution in [0.2, 0.25) is 0 Å². The molecule has 1 saturated heterocycles. The summed E-state index contributed by atoms with van der Waals surface area (Å²) in [6.45, 7) is 10.2. The Morgan fingerprint density at radius 3 is 2.21 bits per heavy atom. The van der Waals surface area contributed by atoms with Crippen LogP contribution in [0.25, 0.3) is 0 Å². The first kappa shape index (κ1) is 23.3. The molecule has 0 aliphatic carbocycles. The average Bonchev–Trinajstić information content (AvgIpc) is 2.38. The SMILES string of the molecule is CCNC(=NCC(=O)N(C)CC(F)(F)F)N1CC(C)(C)C1(C)C.I. The molecule has 0 unspecified atom stereocenters. The number of carbonyl (C=O) groups excluding carboxylic acids is 1. The van der Waals surface area contributed by atoms with Gasteiger partial charge in [-0.25, -0.2) is 4.99 Å². The van der Waals surface area contributed by atoms with Gasteiger partial charge in [-0.15, -0.1) is 24.0 Å². The molecule has 1 rings (SSSR count). The minimum absolute atomic E-state index is 0. The molecule has 0 radical (unpaired) electrons. The van der Waals surface area contributed by atoms with E-state index in [4.69, 9.17) is 0 Å². The number of nitrogens with zero attached hydrogens (tertiary/aromatic N) is 3. The molecule has 9 heteroatoms. The molecule has 24 heavy (non-hydrogen) atoms. The summed E-state index contributed by atoms with van der Waals surface area (Å²) < 4.78 is 36.9. The fourth-order valence-electron chi connectivity index (χ4n) is 2.42. The Morgan fingerprint density at radius 2 is 1.83 bits per heavy atom. The molecule has 1 fully saturated rings. The van der Waals surface area contributed by atoms with Crippen LogP contribution < -0.4 is 5.32 Å². The minimum atomic E-state index is -4.40. The molecule has 0 aromatic rings. The number of rotatable bonds is 4. The summed E-state index contributed by atoms with van der Waals surface area (Å²) in [5.74, 6) is -0.0964. The molecule has 0 atom stereocenters. The van der Waals surface area contributed by atoms with Crippen molar-refractivity contribution in [3.63, 3.8) is 0 Å². The van der Waals surface area contributed by atoms with Crippen LogP contribution in [-0.2, 0) is 4.79 Å². The zero-order chi connectivity index (χ0) is 18.1. The monoisotopic (exact) mass is 464 g/mol. The highest BCUT2D eigenvalue weighted by Gasteiger charge is 2.53. The molecule has 0 bridgehead atoms. The van der Waals surface area contributed by atoms with Crippen LogP contribution in [0.1, 0.15) is 34.6 Å². The van der Waals surface area contributed by atoms with E-state index in [2.05, 4.69) is 38.0 Å². The first-order valence-electron chi connectivity index (χ1n) is 7.68. The molecule has 1 N–H and O–H groups in total. The maximum absolute atomic E-state index is 12.3.